The van der Waals surface area contributed by atoms with Gasteiger partial charge in [0, 0.05) is 15.9 Å². The molecule has 0 bridgehead atoms. The zero-order valence-corrected chi connectivity index (χ0v) is 15.2. The van der Waals surface area contributed by atoms with E-state index in [2.05, 4.69) is 16.4 Å². The molecule has 0 fully saturated rings. The van der Waals surface area contributed by atoms with Crippen LogP contribution < -0.4 is 0 Å². The Labute approximate surface area is 140 Å². The van der Waals surface area contributed by atoms with Gasteiger partial charge in [-0.05, 0) is 19.3 Å². The first-order valence-corrected chi connectivity index (χ1v) is 8.96. The fraction of sp³-hybridized carbons (Fsp3) is 0.938. The van der Waals surface area contributed by atoms with E-state index in [1.54, 1.807) is 0 Å². The Hall–Kier alpha value is -0.350. The van der Waals surface area contributed by atoms with Gasteiger partial charge in [0.15, 0.2) is 6.10 Å². The number of unbranched alkanes of at least 4 members (excludes halogenated alkanes) is 7. The first-order chi connectivity index (χ1) is 10.9. The smallest absolute Gasteiger partial charge is 0.389 e. The van der Waals surface area contributed by atoms with Gasteiger partial charge in [0.1, 0.15) is 0 Å². The lowest BCUT2D eigenvalue weighted by molar-refractivity contribution is -0.152. The lowest BCUT2D eigenvalue weighted by atomic mass is 10.1. The number of carbonyl (C=O) groups is 1. The summed E-state index contributed by atoms with van der Waals surface area (Å²) in [5.74, 6) is -0.353. The van der Waals surface area contributed by atoms with Gasteiger partial charge in [0.2, 0.25) is 0 Å². The van der Waals surface area contributed by atoms with Crippen LogP contribution in [0, 0.1) is 0 Å². The minimum atomic E-state index is -4.06. The highest BCUT2D eigenvalue weighted by atomic mass is 31.0. The van der Waals surface area contributed by atoms with Crippen molar-refractivity contribution >= 4 is 15.4 Å². The van der Waals surface area contributed by atoms with Crippen molar-refractivity contribution in [2.45, 2.75) is 89.8 Å². The van der Waals surface area contributed by atoms with E-state index in [4.69, 9.17) is 9.26 Å². The number of hydrogen-bond donors (Lipinski definition) is 0. The molecule has 0 N–H and O–H groups in total. The number of hydrogen-bond acceptors (Lipinski definition) is 3. The summed E-state index contributed by atoms with van der Waals surface area (Å²) in [6.45, 7) is 2.43. The van der Waals surface area contributed by atoms with E-state index >= 15 is 0 Å². The van der Waals surface area contributed by atoms with Crippen molar-refractivity contribution < 1.29 is 27.2 Å². The first kappa shape index (κ1) is 22.6. The molecule has 0 aromatic carbocycles. The van der Waals surface area contributed by atoms with Gasteiger partial charge >= 0.3 is 12.1 Å². The normalized spacial score (nSPS) is 13.1. The highest BCUT2D eigenvalue weighted by Crippen LogP contribution is 2.23. The molecule has 3 nitrogen and oxygen atoms in total. The minimum absolute atomic E-state index is 0.171. The van der Waals surface area contributed by atoms with Crippen molar-refractivity contribution in [2.24, 2.45) is 0 Å². The van der Waals surface area contributed by atoms with Gasteiger partial charge in [-0.25, -0.2) is 4.79 Å². The van der Waals surface area contributed by atoms with Crippen molar-refractivity contribution in [3.8, 4) is 0 Å². The molecule has 2 atom stereocenters. The van der Waals surface area contributed by atoms with Gasteiger partial charge in [-0.1, -0.05) is 51.9 Å². The molecule has 0 saturated carbocycles. The van der Waals surface area contributed by atoms with E-state index in [-0.39, 0.29) is 12.4 Å². The molecule has 0 radical (unpaired) electrons. The maximum absolute atomic E-state index is 11.9. The molecule has 0 aromatic rings. The van der Waals surface area contributed by atoms with E-state index in [1.165, 1.54) is 0 Å². The maximum atomic E-state index is 11.9. The highest BCUT2D eigenvalue weighted by molar-refractivity contribution is 7.09. The molecule has 0 heterocycles. The molecule has 0 saturated heterocycles. The van der Waals surface area contributed by atoms with Crippen LogP contribution in [0.15, 0.2) is 0 Å². The number of ether oxygens (including phenoxy) is 1. The van der Waals surface area contributed by atoms with Crippen LogP contribution in [-0.2, 0) is 14.1 Å². The van der Waals surface area contributed by atoms with E-state index < -0.39 is 18.7 Å². The molecule has 23 heavy (non-hydrogen) atoms. The van der Waals surface area contributed by atoms with Crippen molar-refractivity contribution in [2.75, 3.05) is 6.61 Å². The van der Waals surface area contributed by atoms with Crippen molar-refractivity contribution in [3.05, 3.63) is 0 Å². The monoisotopic (exact) mass is 358 g/mol. The third-order valence-corrected chi connectivity index (χ3v) is 3.92. The van der Waals surface area contributed by atoms with Gasteiger partial charge in [-0.2, -0.15) is 13.2 Å². The summed E-state index contributed by atoms with van der Waals surface area (Å²) >= 11 is 0. The molecule has 0 spiro atoms. The number of carbonyl (C=O) groups excluding carboxylic acids is 1. The average Bonchev–Trinajstić information content (AvgIpc) is 2.48. The van der Waals surface area contributed by atoms with Crippen LogP contribution in [0.25, 0.3) is 0 Å². The number of esters is 1. The Morgan fingerprint density at radius 3 is 2.22 bits per heavy atom. The molecule has 0 amide bonds. The van der Waals surface area contributed by atoms with Crippen LogP contribution in [0.1, 0.15) is 77.6 Å². The van der Waals surface area contributed by atoms with Gasteiger partial charge in [-0.15, -0.1) is 0 Å². The lowest BCUT2D eigenvalue weighted by Crippen LogP contribution is -2.24. The Morgan fingerprint density at radius 1 is 1.00 bits per heavy atom. The molecule has 0 aromatic heterocycles. The Balaban J connectivity index is 3.56. The second-order valence-electron chi connectivity index (χ2n) is 5.77. The second-order valence-corrected chi connectivity index (χ2v) is 6.05. The summed E-state index contributed by atoms with van der Waals surface area (Å²) in [5.41, 5.74) is 0. The van der Waals surface area contributed by atoms with Crippen LogP contribution in [-0.4, -0.2) is 24.9 Å². The summed E-state index contributed by atoms with van der Waals surface area (Å²) in [5, 5.41) is 0. The molecular formula is C16H30F3O3P. The molecule has 0 aliphatic carbocycles. The third kappa shape index (κ3) is 14.9. The molecule has 0 rings (SSSR count). The largest absolute Gasteiger partial charge is 0.464 e. The number of rotatable bonds is 14. The summed E-state index contributed by atoms with van der Waals surface area (Å²) in [6.07, 6.45) is 2.54. The molecular weight excluding hydrogens is 328 g/mol. The predicted molar refractivity (Wildman–Crippen MR) is 88.1 cm³/mol. The van der Waals surface area contributed by atoms with Crippen molar-refractivity contribution in [1.82, 2.24) is 0 Å². The topological polar surface area (TPSA) is 35.5 Å². The molecule has 7 heteroatoms. The quantitative estimate of drug-likeness (QED) is 0.231. The summed E-state index contributed by atoms with van der Waals surface area (Å²) in [4.78, 5) is 11.8. The summed E-state index contributed by atoms with van der Waals surface area (Å²) in [7, 11) is 2.11. The van der Waals surface area contributed by atoms with E-state index in [0.717, 1.165) is 38.5 Å². The van der Waals surface area contributed by atoms with E-state index in [1.807, 2.05) is 0 Å². The first-order valence-electron chi connectivity index (χ1n) is 8.49. The van der Waals surface area contributed by atoms with Gasteiger partial charge in [0.05, 0.1) is 6.61 Å². The number of alkyl halides is 3. The number of halogens is 3. The van der Waals surface area contributed by atoms with Crippen molar-refractivity contribution in [1.29, 1.82) is 0 Å². The SMILES string of the molecule is CCCCCCC(OP)C(=O)OCCCCCCCC(F)(F)F. The minimum Gasteiger partial charge on any atom is -0.464 e. The molecule has 2 unspecified atom stereocenters. The van der Waals surface area contributed by atoms with E-state index in [0.29, 0.717) is 25.9 Å². The molecule has 0 aliphatic rings. The summed E-state index contributed by atoms with van der Waals surface area (Å²) < 4.78 is 46.1. The van der Waals surface area contributed by atoms with Gasteiger partial charge in [-0.3, -0.25) is 0 Å². The van der Waals surface area contributed by atoms with Gasteiger partial charge in [0.25, 0.3) is 0 Å². The van der Waals surface area contributed by atoms with E-state index in [9.17, 15) is 18.0 Å². The van der Waals surface area contributed by atoms with Crippen LogP contribution in [0.4, 0.5) is 13.2 Å². The molecule has 0 aliphatic heterocycles. The van der Waals surface area contributed by atoms with Gasteiger partial charge < -0.3 is 9.26 Å². The standard InChI is InChI=1S/C16H30F3O3P/c1-2-3-4-8-11-14(22-23)15(20)21-13-10-7-5-6-9-12-16(17,18)19/h14H,2-13,23H2,1H3. The van der Waals surface area contributed by atoms with Crippen molar-refractivity contribution in [3.63, 3.8) is 0 Å². The fourth-order valence-corrected chi connectivity index (χ4v) is 2.47. The fourth-order valence-electron chi connectivity index (χ4n) is 2.22. The van der Waals surface area contributed by atoms with Crippen LogP contribution >= 0.6 is 9.47 Å². The highest BCUT2D eigenvalue weighted by Gasteiger charge is 2.25. The average molecular weight is 358 g/mol. The molecule has 138 valence electrons. The Bertz CT molecular complexity index is 299. The maximum Gasteiger partial charge on any atom is 0.389 e. The van der Waals surface area contributed by atoms with Crippen LogP contribution in [0.2, 0.25) is 0 Å². The lowest BCUT2D eigenvalue weighted by Gasteiger charge is -2.14. The van der Waals surface area contributed by atoms with Crippen LogP contribution in [0.5, 0.6) is 0 Å². The zero-order chi connectivity index (χ0) is 17.6. The van der Waals surface area contributed by atoms with Crippen LogP contribution in [0.3, 0.4) is 0 Å². The second kappa shape index (κ2) is 14.0. The predicted octanol–water partition coefficient (Wildman–Crippen LogP) is 5.58. The zero-order valence-electron chi connectivity index (χ0n) is 14.0. The summed E-state index contributed by atoms with van der Waals surface area (Å²) in [6, 6.07) is 0. The Morgan fingerprint density at radius 2 is 1.61 bits per heavy atom. The third-order valence-electron chi connectivity index (χ3n) is 3.60. The Kier molecular flexibility index (Phi) is 13.8.